The van der Waals surface area contributed by atoms with Crippen molar-refractivity contribution < 1.29 is 40.9 Å². The van der Waals surface area contributed by atoms with Crippen LogP contribution in [0, 0.1) is 11.6 Å². The Hall–Kier alpha value is -2.75. The SMILES string of the molecule is CCCCCOC1COC(CCc2ccc3c(F)c(CCc4ccc(OC(F)(F)F)c(F)c4)ccc3c2)OC1. The highest BCUT2D eigenvalue weighted by Gasteiger charge is 2.32. The van der Waals surface area contributed by atoms with Crippen LogP contribution in [0.5, 0.6) is 5.75 Å². The molecule has 0 aromatic heterocycles. The monoisotopic (exact) mass is 552 g/mol. The molecule has 0 radical (unpaired) electrons. The summed E-state index contributed by atoms with van der Waals surface area (Å²) in [5, 5.41) is 1.24. The third-order valence-electron chi connectivity index (χ3n) is 6.71. The van der Waals surface area contributed by atoms with E-state index in [-0.39, 0.29) is 31.1 Å². The number of halogens is 5. The van der Waals surface area contributed by atoms with Crippen molar-refractivity contribution in [3.8, 4) is 5.75 Å². The second-order valence-electron chi connectivity index (χ2n) is 9.74. The lowest BCUT2D eigenvalue weighted by molar-refractivity contribution is -0.275. The maximum Gasteiger partial charge on any atom is 0.573 e. The largest absolute Gasteiger partial charge is 0.573 e. The number of alkyl halides is 3. The first-order valence-corrected chi connectivity index (χ1v) is 13.3. The summed E-state index contributed by atoms with van der Waals surface area (Å²) in [4.78, 5) is 0. The van der Waals surface area contributed by atoms with Gasteiger partial charge in [0.25, 0.3) is 0 Å². The van der Waals surface area contributed by atoms with E-state index in [0.29, 0.717) is 42.6 Å². The molecule has 1 aliphatic heterocycles. The van der Waals surface area contributed by atoms with Gasteiger partial charge >= 0.3 is 6.36 Å². The van der Waals surface area contributed by atoms with Gasteiger partial charge in [0.1, 0.15) is 11.9 Å². The van der Waals surface area contributed by atoms with Gasteiger partial charge in [-0.15, -0.1) is 13.2 Å². The summed E-state index contributed by atoms with van der Waals surface area (Å²) in [6, 6.07) is 12.4. The minimum absolute atomic E-state index is 0.0299. The number of ether oxygens (including phenoxy) is 4. The molecular formula is C30H33F5O4. The minimum Gasteiger partial charge on any atom is -0.403 e. The number of rotatable bonds is 12. The lowest BCUT2D eigenvalue weighted by atomic mass is 9.98. The van der Waals surface area contributed by atoms with Gasteiger partial charge in [-0.3, -0.25) is 0 Å². The minimum atomic E-state index is -4.97. The van der Waals surface area contributed by atoms with Crippen LogP contribution < -0.4 is 4.74 Å². The fourth-order valence-electron chi connectivity index (χ4n) is 4.60. The van der Waals surface area contributed by atoms with E-state index in [4.69, 9.17) is 14.2 Å². The molecule has 3 aromatic rings. The van der Waals surface area contributed by atoms with Crippen molar-refractivity contribution >= 4 is 10.8 Å². The molecule has 0 spiro atoms. The molecule has 4 nitrogen and oxygen atoms in total. The third-order valence-corrected chi connectivity index (χ3v) is 6.71. The van der Waals surface area contributed by atoms with Crippen LogP contribution in [0.1, 0.15) is 49.3 Å². The number of fused-ring (bicyclic) bond motifs is 1. The zero-order valence-electron chi connectivity index (χ0n) is 21.9. The molecule has 1 saturated heterocycles. The summed E-state index contributed by atoms with van der Waals surface area (Å²) < 4.78 is 87.2. The molecule has 1 aliphatic rings. The number of hydrogen-bond donors (Lipinski definition) is 0. The van der Waals surface area contributed by atoms with E-state index < -0.39 is 17.9 Å². The molecule has 0 bridgehead atoms. The van der Waals surface area contributed by atoms with Crippen LogP contribution in [-0.2, 0) is 33.5 Å². The molecule has 0 saturated carbocycles. The average Bonchev–Trinajstić information content (AvgIpc) is 2.91. The number of benzene rings is 3. The van der Waals surface area contributed by atoms with E-state index in [1.54, 1.807) is 12.1 Å². The Balaban J connectivity index is 1.29. The average molecular weight is 553 g/mol. The van der Waals surface area contributed by atoms with Crippen molar-refractivity contribution in [3.63, 3.8) is 0 Å². The smallest absolute Gasteiger partial charge is 0.403 e. The molecular weight excluding hydrogens is 519 g/mol. The highest BCUT2D eigenvalue weighted by atomic mass is 19.4. The maximum atomic E-state index is 15.2. The standard InChI is InChI=1S/C30H33F5O4/c1-2-3-4-15-36-24-18-37-28(38-19-24)14-8-20-6-12-25-23(16-20)11-10-22(29(25)32)9-5-21-7-13-27(26(31)17-21)39-30(33,34)35/h6-7,10-13,16-17,24,28H,2-5,8-9,14-15,18-19H2,1H3. The first-order chi connectivity index (χ1) is 18.7. The topological polar surface area (TPSA) is 36.9 Å². The molecule has 0 unspecified atom stereocenters. The second-order valence-corrected chi connectivity index (χ2v) is 9.74. The van der Waals surface area contributed by atoms with Gasteiger partial charge in [-0.25, -0.2) is 8.78 Å². The first-order valence-electron chi connectivity index (χ1n) is 13.3. The van der Waals surface area contributed by atoms with Crippen molar-refractivity contribution in [1.82, 2.24) is 0 Å². The second kappa shape index (κ2) is 13.5. The third kappa shape index (κ3) is 8.62. The summed E-state index contributed by atoms with van der Waals surface area (Å²) in [5.74, 6) is -2.37. The normalized spacial score (nSPS) is 18.0. The van der Waals surface area contributed by atoms with Crippen LogP contribution in [-0.4, -0.2) is 38.6 Å². The summed E-state index contributed by atoms with van der Waals surface area (Å²) >= 11 is 0. The van der Waals surface area contributed by atoms with Gasteiger partial charge in [-0.1, -0.05) is 56.2 Å². The van der Waals surface area contributed by atoms with Gasteiger partial charge in [0.15, 0.2) is 17.9 Å². The van der Waals surface area contributed by atoms with Gasteiger partial charge in [-0.2, -0.15) is 0 Å². The van der Waals surface area contributed by atoms with Crippen molar-refractivity contribution in [2.45, 2.75) is 70.6 Å². The molecule has 1 heterocycles. The Morgan fingerprint density at radius 3 is 2.33 bits per heavy atom. The van der Waals surface area contributed by atoms with Crippen molar-refractivity contribution in [1.29, 1.82) is 0 Å². The fraction of sp³-hybridized carbons (Fsp3) is 0.467. The number of aryl methyl sites for hydroxylation is 3. The highest BCUT2D eigenvalue weighted by Crippen LogP contribution is 2.28. The molecule has 0 amide bonds. The van der Waals surface area contributed by atoms with E-state index in [1.807, 2.05) is 18.2 Å². The number of hydrogen-bond acceptors (Lipinski definition) is 4. The van der Waals surface area contributed by atoms with E-state index in [0.717, 1.165) is 49.0 Å². The molecule has 39 heavy (non-hydrogen) atoms. The zero-order valence-corrected chi connectivity index (χ0v) is 21.9. The predicted molar refractivity (Wildman–Crippen MR) is 138 cm³/mol. The Labute approximate surface area is 225 Å². The van der Waals surface area contributed by atoms with E-state index >= 15 is 4.39 Å². The van der Waals surface area contributed by atoms with Crippen LogP contribution in [0.25, 0.3) is 10.8 Å². The van der Waals surface area contributed by atoms with Crippen molar-refractivity contribution in [2.24, 2.45) is 0 Å². The van der Waals surface area contributed by atoms with Crippen LogP contribution >= 0.6 is 0 Å². The Morgan fingerprint density at radius 2 is 1.62 bits per heavy atom. The van der Waals surface area contributed by atoms with Gasteiger partial charge < -0.3 is 18.9 Å². The lowest BCUT2D eigenvalue weighted by Gasteiger charge is -2.29. The fourth-order valence-corrected chi connectivity index (χ4v) is 4.60. The Morgan fingerprint density at radius 1 is 0.872 bits per heavy atom. The summed E-state index contributed by atoms with van der Waals surface area (Å²) in [5.41, 5.74) is 1.93. The van der Waals surface area contributed by atoms with E-state index in [2.05, 4.69) is 11.7 Å². The van der Waals surface area contributed by atoms with E-state index in [9.17, 15) is 17.6 Å². The van der Waals surface area contributed by atoms with Gasteiger partial charge in [0.05, 0.1) is 13.2 Å². The van der Waals surface area contributed by atoms with Crippen LogP contribution in [0.2, 0.25) is 0 Å². The summed E-state index contributed by atoms with van der Waals surface area (Å²) in [6.45, 7) is 3.90. The quantitative estimate of drug-likeness (QED) is 0.171. The van der Waals surface area contributed by atoms with Crippen molar-refractivity contribution in [3.05, 3.63) is 76.9 Å². The van der Waals surface area contributed by atoms with Crippen LogP contribution in [0.4, 0.5) is 22.0 Å². The predicted octanol–water partition coefficient (Wildman–Crippen LogP) is 7.68. The lowest BCUT2D eigenvalue weighted by Crippen LogP contribution is -2.37. The molecule has 212 valence electrons. The Bertz CT molecular complexity index is 1220. The van der Waals surface area contributed by atoms with Gasteiger partial charge in [0, 0.05) is 18.4 Å². The van der Waals surface area contributed by atoms with Crippen molar-refractivity contribution in [2.75, 3.05) is 19.8 Å². The van der Waals surface area contributed by atoms with Gasteiger partial charge in [0.2, 0.25) is 0 Å². The maximum absolute atomic E-state index is 15.2. The molecule has 4 rings (SSSR count). The molecule has 3 aromatic carbocycles. The van der Waals surface area contributed by atoms with Crippen LogP contribution in [0.3, 0.4) is 0 Å². The Kier molecular flexibility index (Phi) is 10.2. The zero-order chi connectivity index (χ0) is 27.8. The molecule has 0 aliphatic carbocycles. The number of unbranched alkanes of at least 4 members (excludes halogenated alkanes) is 2. The molecule has 9 heteroatoms. The van der Waals surface area contributed by atoms with E-state index in [1.165, 1.54) is 6.07 Å². The van der Waals surface area contributed by atoms with Crippen LogP contribution in [0.15, 0.2) is 48.5 Å². The highest BCUT2D eigenvalue weighted by molar-refractivity contribution is 5.84. The summed E-state index contributed by atoms with van der Waals surface area (Å²) in [7, 11) is 0. The molecule has 0 atom stereocenters. The molecule has 0 N–H and O–H groups in total. The molecule has 1 fully saturated rings. The first kappa shape index (κ1) is 29.2. The van der Waals surface area contributed by atoms with Gasteiger partial charge in [-0.05, 0) is 59.9 Å². The summed E-state index contributed by atoms with van der Waals surface area (Å²) in [6.07, 6.45) is -0.0396.